The average molecular weight is 274 g/mol. The summed E-state index contributed by atoms with van der Waals surface area (Å²) in [6, 6.07) is 10.0. The second-order valence-electron chi connectivity index (χ2n) is 5.51. The Morgan fingerprint density at radius 3 is 2.50 bits per heavy atom. The molecule has 3 heteroatoms. The highest BCUT2D eigenvalue weighted by Gasteiger charge is 2.07. The molecule has 3 nitrogen and oxygen atoms in total. The average Bonchev–Trinajstić information content (AvgIpc) is 2.44. The van der Waals surface area contributed by atoms with Gasteiger partial charge in [0.05, 0.1) is 5.71 Å². The second kappa shape index (κ2) is 9.29. The number of unbranched alkanes of at least 4 members (excludes halogenated alkanes) is 2. The topological polar surface area (TPSA) is 41.5 Å². The number of nitrogens with zero attached hydrogens (tertiary/aromatic N) is 1. The number of carbonyl (C=O) groups excluding carboxylic acids is 1. The molecule has 0 fully saturated rings. The molecule has 110 valence electrons. The van der Waals surface area contributed by atoms with E-state index in [-0.39, 0.29) is 5.91 Å². The summed E-state index contributed by atoms with van der Waals surface area (Å²) in [6.45, 7) is 6.44. The third kappa shape index (κ3) is 6.50. The molecule has 1 rings (SSSR count). The van der Waals surface area contributed by atoms with E-state index in [4.69, 9.17) is 0 Å². The largest absolute Gasteiger partial charge is 0.273 e. The molecule has 20 heavy (non-hydrogen) atoms. The number of benzene rings is 1. The fourth-order valence-corrected chi connectivity index (χ4v) is 1.97. The van der Waals surface area contributed by atoms with E-state index in [0.717, 1.165) is 37.0 Å². The van der Waals surface area contributed by atoms with Gasteiger partial charge in [-0.15, -0.1) is 0 Å². The highest BCUT2D eigenvalue weighted by Crippen LogP contribution is 2.10. The van der Waals surface area contributed by atoms with E-state index >= 15 is 0 Å². The molecule has 0 aliphatic carbocycles. The molecule has 0 aromatic heterocycles. The molecule has 0 unspecified atom stereocenters. The summed E-state index contributed by atoms with van der Waals surface area (Å²) < 4.78 is 0. The fourth-order valence-electron chi connectivity index (χ4n) is 1.97. The molecular formula is C17H26N2O. The SMILES string of the molecule is CCCCCC(=O)N/N=C(\CC(C)C)c1ccccc1. The van der Waals surface area contributed by atoms with Gasteiger partial charge in [0, 0.05) is 6.42 Å². The third-order valence-corrected chi connectivity index (χ3v) is 3.03. The Morgan fingerprint density at radius 1 is 1.20 bits per heavy atom. The van der Waals surface area contributed by atoms with Crippen LogP contribution in [0.3, 0.4) is 0 Å². The number of rotatable bonds is 8. The van der Waals surface area contributed by atoms with Crippen LogP contribution in [0.1, 0.15) is 58.4 Å². The lowest BCUT2D eigenvalue weighted by molar-refractivity contribution is -0.121. The van der Waals surface area contributed by atoms with Crippen LogP contribution >= 0.6 is 0 Å². The Bertz CT molecular complexity index is 424. The van der Waals surface area contributed by atoms with Crippen molar-refractivity contribution in [3.63, 3.8) is 0 Å². The Balaban J connectivity index is 2.64. The molecule has 0 heterocycles. The Kier molecular flexibility index (Phi) is 7.63. The molecule has 1 N–H and O–H groups in total. The predicted molar refractivity (Wildman–Crippen MR) is 84.7 cm³/mol. The summed E-state index contributed by atoms with van der Waals surface area (Å²) in [4.78, 5) is 11.7. The number of carbonyl (C=O) groups is 1. The summed E-state index contributed by atoms with van der Waals surface area (Å²) in [5.41, 5.74) is 4.72. The van der Waals surface area contributed by atoms with E-state index < -0.39 is 0 Å². The van der Waals surface area contributed by atoms with Gasteiger partial charge in [0.1, 0.15) is 0 Å². The van der Waals surface area contributed by atoms with Gasteiger partial charge >= 0.3 is 0 Å². The van der Waals surface area contributed by atoms with E-state index in [1.807, 2.05) is 30.3 Å². The van der Waals surface area contributed by atoms with E-state index in [0.29, 0.717) is 12.3 Å². The maximum Gasteiger partial charge on any atom is 0.240 e. The molecule has 0 saturated carbocycles. The van der Waals surface area contributed by atoms with Gasteiger partial charge < -0.3 is 0 Å². The fraction of sp³-hybridized carbons (Fsp3) is 0.529. The van der Waals surface area contributed by atoms with Crippen LogP contribution in [0.15, 0.2) is 35.4 Å². The lowest BCUT2D eigenvalue weighted by atomic mass is 10.0. The minimum atomic E-state index is 0.00985. The van der Waals surface area contributed by atoms with Crippen molar-refractivity contribution in [1.29, 1.82) is 0 Å². The Morgan fingerprint density at radius 2 is 1.90 bits per heavy atom. The van der Waals surface area contributed by atoms with Crippen molar-refractivity contribution in [3.05, 3.63) is 35.9 Å². The maximum atomic E-state index is 11.7. The normalized spacial score (nSPS) is 11.7. The van der Waals surface area contributed by atoms with Crippen molar-refractivity contribution in [2.45, 2.75) is 52.9 Å². The van der Waals surface area contributed by atoms with Gasteiger partial charge in [-0.1, -0.05) is 63.9 Å². The van der Waals surface area contributed by atoms with Gasteiger partial charge in [-0.2, -0.15) is 5.10 Å². The van der Waals surface area contributed by atoms with E-state index in [1.54, 1.807) is 0 Å². The quantitative estimate of drug-likeness (QED) is 0.432. The number of amides is 1. The van der Waals surface area contributed by atoms with Gasteiger partial charge in [0.2, 0.25) is 5.91 Å². The Labute approximate surface area is 122 Å². The zero-order chi connectivity index (χ0) is 14.8. The van der Waals surface area contributed by atoms with Crippen molar-refractivity contribution in [2.24, 2.45) is 11.0 Å². The highest BCUT2D eigenvalue weighted by atomic mass is 16.2. The summed E-state index contributed by atoms with van der Waals surface area (Å²) >= 11 is 0. The van der Waals surface area contributed by atoms with E-state index in [2.05, 4.69) is 31.3 Å². The first-order chi connectivity index (χ1) is 9.63. The predicted octanol–water partition coefficient (Wildman–Crippen LogP) is 4.13. The molecule has 1 aromatic carbocycles. The van der Waals surface area contributed by atoms with E-state index in [9.17, 15) is 4.79 Å². The van der Waals surface area contributed by atoms with Crippen LogP contribution in [0.25, 0.3) is 0 Å². The summed E-state index contributed by atoms with van der Waals surface area (Å²) in [5, 5.41) is 4.33. The first kappa shape index (κ1) is 16.4. The smallest absolute Gasteiger partial charge is 0.240 e. The van der Waals surface area contributed by atoms with Crippen LogP contribution in [-0.4, -0.2) is 11.6 Å². The maximum absolute atomic E-state index is 11.7. The minimum Gasteiger partial charge on any atom is -0.273 e. The zero-order valence-electron chi connectivity index (χ0n) is 12.9. The molecule has 0 bridgehead atoms. The van der Waals surface area contributed by atoms with Crippen molar-refractivity contribution >= 4 is 11.6 Å². The summed E-state index contributed by atoms with van der Waals surface area (Å²) in [5.74, 6) is 0.515. The number of nitrogens with one attached hydrogen (secondary N) is 1. The van der Waals surface area contributed by atoms with Gasteiger partial charge in [0.25, 0.3) is 0 Å². The van der Waals surface area contributed by atoms with Crippen molar-refractivity contribution < 1.29 is 4.79 Å². The first-order valence-electron chi connectivity index (χ1n) is 7.54. The molecular weight excluding hydrogens is 248 g/mol. The van der Waals surface area contributed by atoms with Gasteiger partial charge in [-0.25, -0.2) is 5.43 Å². The third-order valence-electron chi connectivity index (χ3n) is 3.03. The number of hydrogen-bond acceptors (Lipinski definition) is 2. The van der Waals surface area contributed by atoms with Crippen LogP contribution in [0.2, 0.25) is 0 Å². The lowest BCUT2D eigenvalue weighted by Crippen LogP contribution is -2.20. The van der Waals surface area contributed by atoms with Crippen LogP contribution in [0.4, 0.5) is 0 Å². The Hall–Kier alpha value is -1.64. The molecule has 0 radical (unpaired) electrons. The lowest BCUT2D eigenvalue weighted by Gasteiger charge is -2.10. The summed E-state index contributed by atoms with van der Waals surface area (Å²) in [7, 11) is 0. The van der Waals surface area contributed by atoms with Crippen LogP contribution < -0.4 is 5.43 Å². The molecule has 0 atom stereocenters. The zero-order valence-corrected chi connectivity index (χ0v) is 12.9. The van der Waals surface area contributed by atoms with Gasteiger partial charge in [-0.05, 0) is 24.3 Å². The van der Waals surface area contributed by atoms with Crippen LogP contribution in [0.5, 0.6) is 0 Å². The van der Waals surface area contributed by atoms with Crippen LogP contribution in [-0.2, 0) is 4.79 Å². The molecule has 0 spiro atoms. The van der Waals surface area contributed by atoms with Crippen LogP contribution in [0, 0.1) is 5.92 Å². The standard InChI is InChI=1S/C17H26N2O/c1-4-5-7-12-17(20)19-18-16(13-14(2)3)15-10-8-6-9-11-15/h6,8-11,14H,4-5,7,12-13H2,1-3H3,(H,19,20)/b18-16+. The van der Waals surface area contributed by atoms with Gasteiger partial charge in [-0.3, -0.25) is 4.79 Å². The van der Waals surface area contributed by atoms with E-state index in [1.165, 1.54) is 0 Å². The monoisotopic (exact) mass is 274 g/mol. The molecule has 1 amide bonds. The molecule has 0 saturated heterocycles. The molecule has 1 aromatic rings. The second-order valence-corrected chi connectivity index (χ2v) is 5.51. The van der Waals surface area contributed by atoms with Crippen molar-refractivity contribution in [2.75, 3.05) is 0 Å². The molecule has 0 aliphatic rings. The number of hydrazone groups is 1. The van der Waals surface area contributed by atoms with Gasteiger partial charge in [0.15, 0.2) is 0 Å². The highest BCUT2D eigenvalue weighted by molar-refractivity contribution is 6.01. The van der Waals surface area contributed by atoms with Crippen molar-refractivity contribution in [3.8, 4) is 0 Å². The van der Waals surface area contributed by atoms with Crippen molar-refractivity contribution in [1.82, 2.24) is 5.43 Å². The number of hydrogen-bond donors (Lipinski definition) is 1. The minimum absolute atomic E-state index is 0.00985. The molecule has 0 aliphatic heterocycles. The first-order valence-corrected chi connectivity index (χ1v) is 7.54. The summed E-state index contributed by atoms with van der Waals surface area (Å²) in [6.07, 6.45) is 4.57.